The summed E-state index contributed by atoms with van der Waals surface area (Å²) in [6, 6.07) is 1.83. The minimum absolute atomic E-state index is 0.0134. The van der Waals surface area contributed by atoms with E-state index in [1.165, 1.54) is 11.3 Å². The van der Waals surface area contributed by atoms with Gasteiger partial charge < -0.3 is 11.1 Å². The van der Waals surface area contributed by atoms with Gasteiger partial charge in [0.2, 0.25) is 0 Å². The van der Waals surface area contributed by atoms with E-state index in [0.29, 0.717) is 28.9 Å². The lowest BCUT2D eigenvalue weighted by Crippen LogP contribution is -2.26. The zero-order chi connectivity index (χ0) is 15.0. The SMILES string of the molecule is CC1(C)C(CNC(=O)c2csc(C#CCN)c2)C1(C)C. The van der Waals surface area contributed by atoms with Crippen molar-refractivity contribution in [2.45, 2.75) is 27.7 Å². The molecule has 1 aromatic heterocycles. The van der Waals surface area contributed by atoms with Crippen LogP contribution in [-0.2, 0) is 0 Å². The fraction of sp³-hybridized carbons (Fsp3) is 0.562. The summed E-state index contributed by atoms with van der Waals surface area (Å²) < 4.78 is 0. The molecule has 1 heterocycles. The van der Waals surface area contributed by atoms with Crippen molar-refractivity contribution in [3.05, 3.63) is 21.9 Å². The van der Waals surface area contributed by atoms with Crippen molar-refractivity contribution >= 4 is 17.2 Å². The predicted octanol–water partition coefficient (Wildman–Crippen LogP) is 2.47. The van der Waals surface area contributed by atoms with Crippen LogP contribution in [0.5, 0.6) is 0 Å². The molecule has 4 heteroatoms. The topological polar surface area (TPSA) is 55.1 Å². The highest BCUT2D eigenvalue weighted by Gasteiger charge is 2.64. The Bertz CT molecular complexity index is 561. The molecule has 3 N–H and O–H groups in total. The third-order valence-corrected chi connectivity index (χ3v) is 5.81. The molecule has 0 atom stereocenters. The molecular weight excluding hydrogens is 268 g/mol. The van der Waals surface area contributed by atoms with Crippen LogP contribution in [0.2, 0.25) is 0 Å². The van der Waals surface area contributed by atoms with Crippen molar-refractivity contribution in [2.24, 2.45) is 22.5 Å². The van der Waals surface area contributed by atoms with Crippen LogP contribution in [0.1, 0.15) is 42.9 Å². The number of hydrogen-bond donors (Lipinski definition) is 2. The molecule has 20 heavy (non-hydrogen) atoms. The van der Waals surface area contributed by atoms with Gasteiger partial charge in [-0.05, 0) is 22.8 Å². The van der Waals surface area contributed by atoms with Crippen LogP contribution in [0.4, 0.5) is 0 Å². The first-order valence-electron chi connectivity index (χ1n) is 6.86. The van der Waals surface area contributed by atoms with Gasteiger partial charge in [0, 0.05) is 11.9 Å². The Morgan fingerprint density at radius 2 is 2.05 bits per heavy atom. The monoisotopic (exact) mass is 290 g/mol. The van der Waals surface area contributed by atoms with Gasteiger partial charge in [-0.2, -0.15) is 0 Å². The van der Waals surface area contributed by atoms with Gasteiger partial charge in [-0.3, -0.25) is 4.79 Å². The number of nitrogens with one attached hydrogen (secondary N) is 1. The molecule has 1 aromatic rings. The summed E-state index contributed by atoms with van der Waals surface area (Å²) >= 11 is 1.48. The molecule has 1 saturated carbocycles. The van der Waals surface area contributed by atoms with Gasteiger partial charge in [0.1, 0.15) is 0 Å². The largest absolute Gasteiger partial charge is 0.352 e. The molecular formula is C16H22N2OS. The van der Waals surface area contributed by atoms with Crippen molar-refractivity contribution in [1.29, 1.82) is 0 Å². The molecule has 0 aliphatic heterocycles. The lowest BCUT2D eigenvalue weighted by molar-refractivity contribution is 0.0950. The fourth-order valence-corrected chi connectivity index (χ4v) is 3.55. The summed E-state index contributed by atoms with van der Waals surface area (Å²) in [5, 5.41) is 4.88. The Morgan fingerprint density at radius 1 is 1.40 bits per heavy atom. The number of carbonyl (C=O) groups is 1. The summed E-state index contributed by atoms with van der Waals surface area (Å²) in [5.74, 6) is 6.26. The summed E-state index contributed by atoms with van der Waals surface area (Å²) in [6.45, 7) is 10.1. The summed E-state index contributed by atoms with van der Waals surface area (Å²) in [7, 11) is 0. The molecule has 1 aliphatic rings. The van der Waals surface area contributed by atoms with Gasteiger partial charge in [-0.1, -0.05) is 39.5 Å². The van der Waals surface area contributed by atoms with Crippen LogP contribution in [0, 0.1) is 28.6 Å². The maximum absolute atomic E-state index is 12.1. The van der Waals surface area contributed by atoms with E-state index in [2.05, 4.69) is 44.9 Å². The van der Waals surface area contributed by atoms with Gasteiger partial charge in [-0.25, -0.2) is 0 Å². The third-order valence-electron chi connectivity index (χ3n) is 4.96. The maximum atomic E-state index is 12.1. The molecule has 108 valence electrons. The Balaban J connectivity index is 1.92. The van der Waals surface area contributed by atoms with E-state index in [-0.39, 0.29) is 5.91 Å². The normalized spacial score (nSPS) is 19.1. The highest BCUT2D eigenvalue weighted by atomic mass is 32.1. The van der Waals surface area contributed by atoms with E-state index in [1.54, 1.807) is 0 Å². The second-order valence-corrected chi connectivity index (χ2v) is 7.32. The smallest absolute Gasteiger partial charge is 0.252 e. The Kier molecular flexibility index (Phi) is 3.95. The summed E-state index contributed by atoms with van der Waals surface area (Å²) in [6.07, 6.45) is 0. The van der Waals surface area contributed by atoms with Crippen molar-refractivity contribution in [2.75, 3.05) is 13.1 Å². The Morgan fingerprint density at radius 3 is 2.60 bits per heavy atom. The molecule has 0 unspecified atom stereocenters. The van der Waals surface area contributed by atoms with E-state index < -0.39 is 0 Å². The molecule has 3 nitrogen and oxygen atoms in total. The first-order chi connectivity index (χ1) is 9.30. The average Bonchev–Trinajstić information content (AvgIpc) is 2.76. The molecule has 0 bridgehead atoms. The zero-order valence-electron chi connectivity index (χ0n) is 12.5. The highest BCUT2D eigenvalue weighted by Crippen LogP contribution is 2.67. The van der Waals surface area contributed by atoms with Crippen LogP contribution in [-0.4, -0.2) is 19.0 Å². The first-order valence-corrected chi connectivity index (χ1v) is 7.74. The first kappa shape index (κ1) is 15.1. The second kappa shape index (κ2) is 5.23. The van der Waals surface area contributed by atoms with Crippen LogP contribution in [0.15, 0.2) is 11.4 Å². The molecule has 1 fully saturated rings. The third kappa shape index (κ3) is 2.61. The summed E-state index contributed by atoms with van der Waals surface area (Å²) in [4.78, 5) is 13.0. The van der Waals surface area contributed by atoms with Gasteiger partial charge in [-0.15, -0.1) is 11.3 Å². The van der Waals surface area contributed by atoms with E-state index in [4.69, 9.17) is 5.73 Å². The lowest BCUT2D eigenvalue weighted by atomic mass is 10.0. The number of carbonyl (C=O) groups excluding carboxylic acids is 1. The molecule has 1 aliphatic carbocycles. The number of thiophene rings is 1. The van der Waals surface area contributed by atoms with Crippen LogP contribution in [0.25, 0.3) is 0 Å². The van der Waals surface area contributed by atoms with E-state index in [1.807, 2.05) is 11.4 Å². The van der Waals surface area contributed by atoms with Crippen molar-refractivity contribution in [1.82, 2.24) is 5.32 Å². The number of hydrogen-bond acceptors (Lipinski definition) is 3. The Hall–Kier alpha value is -1.31. The van der Waals surface area contributed by atoms with Gasteiger partial charge >= 0.3 is 0 Å². The molecule has 2 rings (SSSR count). The van der Waals surface area contributed by atoms with Crippen LogP contribution < -0.4 is 11.1 Å². The lowest BCUT2D eigenvalue weighted by Gasteiger charge is -2.04. The molecule has 0 saturated heterocycles. The van der Waals surface area contributed by atoms with E-state index in [0.717, 1.165) is 11.4 Å². The molecule has 0 radical (unpaired) electrons. The van der Waals surface area contributed by atoms with Crippen LogP contribution >= 0.6 is 11.3 Å². The number of rotatable bonds is 3. The standard InChI is InChI=1S/C16H22N2OS/c1-15(2)13(16(15,3)4)9-18-14(19)11-8-12(20-10-11)6-5-7-17/h8,10,13H,7,9,17H2,1-4H3,(H,18,19). The molecule has 0 aromatic carbocycles. The van der Waals surface area contributed by atoms with Crippen molar-refractivity contribution in [3.63, 3.8) is 0 Å². The van der Waals surface area contributed by atoms with Crippen molar-refractivity contribution in [3.8, 4) is 11.8 Å². The quantitative estimate of drug-likeness (QED) is 0.840. The van der Waals surface area contributed by atoms with Gasteiger partial charge in [0.05, 0.1) is 17.0 Å². The number of nitrogens with two attached hydrogens (primary N) is 1. The molecule has 1 amide bonds. The minimum atomic E-state index is -0.0134. The predicted molar refractivity (Wildman–Crippen MR) is 83.6 cm³/mol. The van der Waals surface area contributed by atoms with Gasteiger partial charge in [0.15, 0.2) is 0 Å². The Labute approximate surface area is 124 Å². The van der Waals surface area contributed by atoms with E-state index in [9.17, 15) is 4.79 Å². The van der Waals surface area contributed by atoms with Gasteiger partial charge in [0.25, 0.3) is 5.91 Å². The van der Waals surface area contributed by atoms with Crippen molar-refractivity contribution < 1.29 is 4.79 Å². The fourth-order valence-electron chi connectivity index (χ4n) is 2.80. The highest BCUT2D eigenvalue weighted by molar-refractivity contribution is 7.10. The van der Waals surface area contributed by atoms with E-state index >= 15 is 0 Å². The second-order valence-electron chi connectivity index (χ2n) is 6.41. The maximum Gasteiger partial charge on any atom is 0.252 e. The average molecular weight is 290 g/mol. The summed E-state index contributed by atoms with van der Waals surface area (Å²) in [5.41, 5.74) is 6.62. The molecule has 0 spiro atoms. The zero-order valence-corrected chi connectivity index (χ0v) is 13.4. The number of amides is 1. The van der Waals surface area contributed by atoms with Crippen LogP contribution in [0.3, 0.4) is 0 Å². The minimum Gasteiger partial charge on any atom is -0.352 e.